The fourth-order valence-corrected chi connectivity index (χ4v) is 2.18. The minimum atomic E-state index is -0.446. The van der Waals surface area contributed by atoms with Gasteiger partial charge in [-0.05, 0) is 36.6 Å². The van der Waals surface area contributed by atoms with E-state index in [4.69, 9.17) is 5.73 Å². The van der Waals surface area contributed by atoms with Gasteiger partial charge in [-0.1, -0.05) is 13.8 Å². The molecule has 1 aromatic carbocycles. The normalized spacial score (nSPS) is 10.4. The SMILES string of the molecule is Cc1cc(SCC(=O)NC(=O)NCC(C)C)ccc1N. The Labute approximate surface area is 123 Å². The summed E-state index contributed by atoms with van der Waals surface area (Å²) in [6.45, 7) is 6.44. The molecule has 0 aliphatic carbocycles. The summed E-state index contributed by atoms with van der Waals surface area (Å²) in [5.41, 5.74) is 7.43. The van der Waals surface area contributed by atoms with Gasteiger partial charge in [-0.3, -0.25) is 10.1 Å². The van der Waals surface area contributed by atoms with E-state index in [2.05, 4.69) is 10.6 Å². The molecule has 20 heavy (non-hydrogen) atoms. The highest BCUT2D eigenvalue weighted by Crippen LogP contribution is 2.22. The number of nitrogen functional groups attached to an aromatic ring is 1. The van der Waals surface area contributed by atoms with Gasteiger partial charge < -0.3 is 11.1 Å². The fourth-order valence-electron chi connectivity index (χ4n) is 1.39. The van der Waals surface area contributed by atoms with Crippen LogP contribution in [0.25, 0.3) is 0 Å². The molecule has 0 bridgehead atoms. The molecule has 0 spiro atoms. The van der Waals surface area contributed by atoms with Crippen molar-refractivity contribution in [3.05, 3.63) is 23.8 Å². The number of imide groups is 1. The molecule has 110 valence electrons. The highest BCUT2D eigenvalue weighted by Gasteiger charge is 2.08. The van der Waals surface area contributed by atoms with Crippen LogP contribution >= 0.6 is 11.8 Å². The Balaban J connectivity index is 2.35. The quantitative estimate of drug-likeness (QED) is 0.574. The first-order valence-electron chi connectivity index (χ1n) is 6.45. The number of carbonyl (C=O) groups is 2. The van der Waals surface area contributed by atoms with Crippen molar-refractivity contribution in [3.63, 3.8) is 0 Å². The van der Waals surface area contributed by atoms with Crippen LogP contribution < -0.4 is 16.4 Å². The second-order valence-corrected chi connectivity index (χ2v) is 6.01. The average Bonchev–Trinajstić information content (AvgIpc) is 2.38. The molecule has 0 fully saturated rings. The second kappa shape index (κ2) is 7.79. The van der Waals surface area contributed by atoms with Crippen LogP contribution in [-0.2, 0) is 4.79 Å². The molecular weight excluding hydrogens is 274 g/mol. The molecule has 0 atom stereocenters. The van der Waals surface area contributed by atoms with Gasteiger partial charge in [0.05, 0.1) is 5.75 Å². The van der Waals surface area contributed by atoms with E-state index >= 15 is 0 Å². The van der Waals surface area contributed by atoms with Crippen molar-refractivity contribution in [1.82, 2.24) is 10.6 Å². The zero-order valence-electron chi connectivity index (χ0n) is 12.0. The second-order valence-electron chi connectivity index (χ2n) is 4.96. The van der Waals surface area contributed by atoms with Crippen LogP contribution in [0.4, 0.5) is 10.5 Å². The van der Waals surface area contributed by atoms with Gasteiger partial charge in [-0.25, -0.2) is 4.79 Å². The van der Waals surface area contributed by atoms with Crippen molar-refractivity contribution in [3.8, 4) is 0 Å². The zero-order chi connectivity index (χ0) is 15.1. The predicted molar refractivity (Wildman–Crippen MR) is 82.7 cm³/mol. The van der Waals surface area contributed by atoms with Crippen LogP contribution in [0.1, 0.15) is 19.4 Å². The number of thioether (sulfide) groups is 1. The number of amides is 3. The number of nitrogens with two attached hydrogens (primary N) is 1. The number of carbonyl (C=O) groups excluding carboxylic acids is 2. The smallest absolute Gasteiger partial charge is 0.321 e. The van der Waals surface area contributed by atoms with Crippen molar-refractivity contribution in [2.45, 2.75) is 25.7 Å². The minimum absolute atomic E-state index is 0.193. The Bertz CT molecular complexity index is 489. The van der Waals surface area contributed by atoms with Gasteiger partial charge in [0.2, 0.25) is 5.91 Å². The third kappa shape index (κ3) is 5.97. The van der Waals surface area contributed by atoms with E-state index in [0.717, 1.165) is 16.1 Å². The van der Waals surface area contributed by atoms with Crippen molar-refractivity contribution >= 4 is 29.4 Å². The van der Waals surface area contributed by atoms with E-state index in [0.29, 0.717) is 12.5 Å². The summed E-state index contributed by atoms with van der Waals surface area (Å²) in [6, 6.07) is 5.15. The Kier molecular flexibility index (Phi) is 6.38. The Morgan fingerprint density at radius 1 is 1.35 bits per heavy atom. The van der Waals surface area contributed by atoms with E-state index in [-0.39, 0.29) is 11.7 Å². The van der Waals surface area contributed by atoms with Gasteiger partial charge in [0.1, 0.15) is 0 Å². The van der Waals surface area contributed by atoms with Gasteiger partial charge in [0.25, 0.3) is 0 Å². The predicted octanol–water partition coefficient (Wildman–Crippen LogP) is 2.15. The molecule has 1 rings (SSSR count). The molecule has 0 unspecified atom stereocenters. The third-order valence-corrected chi connectivity index (χ3v) is 3.53. The van der Waals surface area contributed by atoms with Gasteiger partial charge in [-0.15, -0.1) is 11.8 Å². The Hall–Kier alpha value is -1.69. The fraction of sp³-hybridized carbons (Fsp3) is 0.429. The van der Waals surface area contributed by atoms with Crippen molar-refractivity contribution < 1.29 is 9.59 Å². The largest absolute Gasteiger partial charge is 0.399 e. The number of nitrogens with one attached hydrogen (secondary N) is 2. The maximum Gasteiger partial charge on any atom is 0.321 e. The molecule has 1 aromatic rings. The Morgan fingerprint density at radius 3 is 2.65 bits per heavy atom. The van der Waals surface area contributed by atoms with Crippen LogP contribution in [0.2, 0.25) is 0 Å². The molecule has 5 nitrogen and oxygen atoms in total. The summed E-state index contributed by atoms with van der Waals surface area (Å²) in [5, 5.41) is 4.93. The van der Waals surface area contributed by atoms with Crippen LogP contribution in [0.15, 0.2) is 23.1 Å². The number of hydrogen-bond donors (Lipinski definition) is 3. The summed E-state index contributed by atoms with van der Waals surface area (Å²) in [6.07, 6.45) is 0. The van der Waals surface area contributed by atoms with Crippen LogP contribution in [0, 0.1) is 12.8 Å². The lowest BCUT2D eigenvalue weighted by molar-refractivity contribution is -0.117. The first-order chi connectivity index (χ1) is 9.38. The molecule has 4 N–H and O–H groups in total. The zero-order valence-corrected chi connectivity index (χ0v) is 12.8. The van der Waals surface area contributed by atoms with Crippen LogP contribution in [0.5, 0.6) is 0 Å². The number of benzene rings is 1. The number of aryl methyl sites for hydroxylation is 1. The van der Waals surface area contributed by atoms with Crippen molar-refractivity contribution in [2.24, 2.45) is 5.92 Å². The maximum absolute atomic E-state index is 11.6. The molecule has 0 radical (unpaired) electrons. The third-order valence-electron chi connectivity index (χ3n) is 2.54. The van der Waals surface area contributed by atoms with E-state index < -0.39 is 6.03 Å². The summed E-state index contributed by atoms with van der Waals surface area (Å²) < 4.78 is 0. The Morgan fingerprint density at radius 2 is 2.05 bits per heavy atom. The van der Waals surface area contributed by atoms with E-state index in [1.165, 1.54) is 11.8 Å². The van der Waals surface area contributed by atoms with Gasteiger partial charge in [0.15, 0.2) is 0 Å². The monoisotopic (exact) mass is 295 g/mol. The summed E-state index contributed by atoms with van der Waals surface area (Å²) >= 11 is 1.37. The average molecular weight is 295 g/mol. The molecule has 6 heteroatoms. The van der Waals surface area contributed by atoms with E-state index in [1.54, 1.807) is 0 Å². The molecule has 0 saturated heterocycles. The van der Waals surface area contributed by atoms with E-state index in [1.807, 2.05) is 39.0 Å². The van der Waals surface area contributed by atoms with Crippen LogP contribution in [-0.4, -0.2) is 24.2 Å². The number of anilines is 1. The first-order valence-corrected chi connectivity index (χ1v) is 7.43. The van der Waals surface area contributed by atoms with E-state index in [9.17, 15) is 9.59 Å². The molecule has 0 aliphatic heterocycles. The number of hydrogen-bond acceptors (Lipinski definition) is 4. The highest BCUT2D eigenvalue weighted by atomic mass is 32.2. The molecule has 0 saturated carbocycles. The highest BCUT2D eigenvalue weighted by molar-refractivity contribution is 8.00. The molecule has 0 heterocycles. The van der Waals surface area contributed by atoms with Gasteiger partial charge >= 0.3 is 6.03 Å². The standard InChI is InChI=1S/C14H21N3O2S/c1-9(2)7-16-14(19)17-13(18)8-20-11-4-5-12(15)10(3)6-11/h4-6,9H,7-8,15H2,1-3H3,(H2,16,17,18,19). The first kappa shape index (κ1) is 16.4. The minimum Gasteiger partial charge on any atom is -0.399 e. The summed E-state index contributed by atoms with van der Waals surface area (Å²) in [7, 11) is 0. The lowest BCUT2D eigenvalue weighted by atomic mass is 10.2. The molecule has 0 aliphatic rings. The van der Waals surface area contributed by atoms with Gasteiger partial charge in [-0.2, -0.15) is 0 Å². The van der Waals surface area contributed by atoms with Crippen LogP contribution in [0.3, 0.4) is 0 Å². The summed E-state index contributed by atoms with van der Waals surface area (Å²) in [4.78, 5) is 24.0. The lowest BCUT2D eigenvalue weighted by Gasteiger charge is -2.08. The number of urea groups is 1. The van der Waals surface area contributed by atoms with Crippen molar-refractivity contribution in [1.29, 1.82) is 0 Å². The lowest BCUT2D eigenvalue weighted by Crippen LogP contribution is -2.41. The van der Waals surface area contributed by atoms with Crippen molar-refractivity contribution in [2.75, 3.05) is 18.0 Å². The van der Waals surface area contributed by atoms with Gasteiger partial charge in [0, 0.05) is 17.1 Å². The summed E-state index contributed by atoms with van der Waals surface area (Å²) in [5.74, 6) is 0.229. The maximum atomic E-state index is 11.6. The topological polar surface area (TPSA) is 84.2 Å². The number of rotatable bonds is 5. The molecule has 0 aromatic heterocycles. The molecule has 3 amide bonds. The molecular formula is C14H21N3O2S.